The van der Waals surface area contributed by atoms with Gasteiger partial charge in [-0.2, -0.15) is 0 Å². The van der Waals surface area contributed by atoms with Crippen molar-refractivity contribution in [2.75, 3.05) is 13.1 Å². The maximum absolute atomic E-state index is 12.8. The molecule has 2 rings (SSSR count). The third-order valence-electron chi connectivity index (χ3n) is 3.69. The van der Waals surface area contributed by atoms with Crippen LogP contribution in [0.5, 0.6) is 0 Å². The zero-order chi connectivity index (χ0) is 15.2. The Kier molecular flexibility index (Phi) is 5.27. The van der Waals surface area contributed by atoms with Gasteiger partial charge in [0, 0.05) is 6.54 Å². The van der Waals surface area contributed by atoms with Crippen LogP contribution in [0.1, 0.15) is 24.8 Å². The van der Waals surface area contributed by atoms with Crippen LogP contribution in [-0.4, -0.2) is 35.8 Å². The van der Waals surface area contributed by atoms with Gasteiger partial charge < -0.3 is 11.1 Å². The third kappa shape index (κ3) is 4.53. The molecule has 1 aliphatic heterocycles. The first-order valence-electron chi connectivity index (χ1n) is 7.11. The van der Waals surface area contributed by atoms with E-state index in [1.54, 1.807) is 12.1 Å². The quantitative estimate of drug-likeness (QED) is 0.842. The number of amides is 2. The Morgan fingerprint density at radius 1 is 1.29 bits per heavy atom. The molecule has 0 spiro atoms. The number of hydrogen-bond donors (Lipinski definition) is 2. The first-order valence-corrected chi connectivity index (χ1v) is 7.11. The van der Waals surface area contributed by atoms with E-state index in [0.29, 0.717) is 19.5 Å². The maximum atomic E-state index is 12.8. The van der Waals surface area contributed by atoms with Crippen molar-refractivity contribution in [3.05, 3.63) is 35.6 Å². The van der Waals surface area contributed by atoms with Crippen molar-refractivity contribution >= 4 is 11.8 Å². The van der Waals surface area contributed by atoms with Crippen molar-refractivity contribution in [3.63, 3.8) is 0 Å². The molecule has 1 heterocycles. The van der Waals surface area contributed by atoms with E-state index in [1.165, 1.54) is 12.1 Å². The van der Waals surface area contributed by atoms with Gasteiger partial charge in [-0.15, -0.1) is 0 Å². The van der Waals surface area contributed by atoms with E-state index >= 15 is 0 Å². The van der Waals surface area contributed by atoms with Crippen LogP contribution in [-0.2, 0) is 16.1 Å². The van der Waals surface area contributed by atoms with Crippen molar-refractivity contribution in [2.24, 2.45) is 5.73 Å². The molecular weight excluding hydrogens is 273 g/mol. The highest BCUT2D eigenvalue weighted by Gasteiger charge is 2.28. The molecule has 0 aliphatic carbocycles. The van der Waals surface area contributed by atoms with Crippen LogP contribution in [0.3, 0.4) is 0 Å². The Bertz CT molecular complexity index is 504. The number of carbonyl (C=O) groups excluding carboxylic acids is 2. The van der Waals surface area contributed by atoms with E-state index < -0.39 is 0 Å². The predicted molar refractivity (Wildman–Crippen MR) is 76.7 cm³/mol. The summed E-state index contributed by atoms with van der Waals surface area (Å²) in [7, 11) is 0. The van der Waals surface area contributed by atoms with E-state index in [0.717, 1.165) is 18.4 Å². The van der Waals surface area contributed by atoms with E-state index in [2.05, 4.69) is 5.32 Å². The molecule has 0 unspecified atom stereocenters. The normalized spacial score (nSPS) is 19.2. The number of nitrogens with one attached hydrogen (secondary N) is 1. The van der Waals surface area contributed by atoms with Gasteiger partial charge in [0.1, 0.15) is 5.82 Å². The Hall–Kier alpha value is -1.95. The zero-order valence-corrected chi connectivity index (χ0v) is 11.8. The molecule has 114 valence electrons. The molecule has 1 saturated heterocycles. The Morgan fingerprint density at radius 2 is 2.00 bits per heavy atom. The van der Waals surface area contributed by atoms with Gasteiger partial charge in [-0.05, 0) is 37.1 Å². The number of nitrogens with zero attached hydrogens (tertiary/aromatic N) is 1. The smallest absolute Gasteiger partial charge is 0.234 e. The first-order chi connectivity index (χ1) is 10.1. The van der Waals surface area contributed by atoms with Crippen molar-refractivity contribution in [3.8, 4) is 0 Å². The summed E-state index contributed by atoms with van der Waals surface area (Å²) in [6, 6.07) is 5.62. The van der Waals surface area contributed by atoms with E-state index in [1.807, 2.05) is 4.90 Å². The summed E-state index contributed by atoms with van der Waals surface area (Å²) in [5.41, 5.74) is 6.19. The number of halogens is 1. The Morgan fingerprint density at radius 3 is 2.67 bits per heavy atom. The molecule has 6 heteroatoms. The summed E-state index contributed by atoms with van der Waals surface area (Å²) in [6.07, 6.45) is 2.64. The third-order valence-corrected chi connectivity index (χ3v) is 3.69. The molecule has 1 fully saturated rings. The molecule has 0 saturated carbocycles. The van der Waals surface area contributed by atoms with Crippen LogP contribution in [0.4, 0.5) is 4.39 Å². The number of hydrogen-bond acceptors (Lipinski definition) is 3. The van der Waals surface area contributed by atoms with Crippen molar-refractivity contribution in [2.45, 2.75) is 31.8 Å². The average Bonchev–Trinajstić information content (AvgIpc) is 2.47. The molecule has 0 bridgehead atoms. The fourth-order valence-corrected chi connectivity index (χ4v) is 2.55. The van der Waals surface area contributed by atoms with Crippen LogP contribution in [0.25, 0.3) is 0 Å². The van der Waals surface area contributed by atoms with Gasteiger partial charge in [-0.1, -0.05) is 18.6 Å². The van der Waals surface area contributed by atoms with E-state index in [9.17, 15) is 14.0 Å². The lowest BCUT2D eigenvalue weighted by Gasteiger charge is -2.32. The average molecular weight is 293 g/mol. The largest absolute Gasteiger partial charge is 0.368 e. The second-order valence-corrected chi connectivity index (χ2v) is 5.29. The Labute approximate surface area is 123 Å². The second-order valence-electron chi connectivity index (χ2n) is 5.29. The summed E-state index contributed by atoms with van der Waals surface area (Å²) in [4.78, 5) is 25.1. The van der Waals surface area contributed by atoms with Gasteiger partial charge in [0.2, 0.25) is 11.8 Å². The topological polar surface area (TPSA) is 75.4 Å². The molecule has 3 N–H and O–H groups in total. The van der Waals surface area contributed by atoms with E-state index in [4.69, 9.17) is 5.73 Å². The molecule has 2 amide bonds. The lowest BCUT2D eigenvalue weighted by Crippen LogP contribution is -2.51. The van der Waals surface area contributed by atoms with Gasteiger partial charge in [0.05, 0.1) is 12.6 Å². The van der Waals surface area contributed by atoms with Crippen molar-refractivity contribution in [1.29, 1.82) is 0 Å². The zero-order valence-electron chi connectivity index (χ0n) is 11.8. The predicted octanol–water partition coefficient (Wildman–Crippen LogP) is 0.782. The molecule has 0 radical (unpaired) electrons. The standard InChI is InChI=1S/C15H20FN3O2/c16-12-6-4-11(5-7-12)9-18-14(20)10-19-8-2-1-3-13(19)15(17)21/h4-7,13H,1-3,8-10H2,(H2,17,21)(H,18,20)/t13-/m1/s1. The van der Waals surface area contributed by atoms with Gasteiger partial charge in [0.15, 0.2) is 0 Å². The first kappa shape index (κ1) is 15.4. The number of benzene rings is 1. The van der Waals surface area contributed by atoms with E-state index in [-0.39, 0.29) is 30.2 Å². The molecule has 1 aliphatic rings. The molecule has 1 aromatic rings. The molecular formula is C15H20FN3O2. The maximum Gasteiger partial charge on any atom is 0.234 e. The Balaban J connectivity index is 1.83. The minimum Gasteiger partial charge on any atom is -0.368 e. The minimum atomic E-state index is -0.374. The van der Waals surface area contributed by atoms with Crippen LogP contribution >= 0.6 is 0 Å². The summed E-state index contributed by atoms with van der Waals surface area (Å²) in [6.45, 7) is 1.21. The highest BCUT2D eigenvalue weighted by molar-refractivity contribution is 5.82. The van der Waals surface area contributed by atoms with Crippen LogP contribution < -0.4 is 11.1 Å². The second kappa shape index (κ2) is 7.17. The summed E-state index contributed by atoms with van der Waals surface area (Å²) in [5.74, 6) is -0.837. The van der Waals surface area contributed by atoms with Crippen molar-refractivity contribution in [1.82, 2.24) is 10.2 Å². The molecule has 5 nitrogen and oxygen atoms in total. The van der Waals surface area contributed by atoms with Crippen molar-refractivity contribution < 1.29 is 14.0 Å². The number of piperidine rings is 1. The fourth-order valence-electron chi connectivity index (χ4n) is 2.55. The van der Waals surface area contributed by atoms with Crippen LogP contribution in [0.15, 0.2) is 24.3 Å². The number of likely N-dealkylation sites (tertiary alicyclic amines) is 1. The minimum absolute atomic E-state index is 0.160. The summed E-state index contributed by atoms with van der Waals surface area (Å²) < 4.78 is 12.8. The molecule has 0 aromatic heterocycles. The van der Waals surface area contributed by atoms with Gasteiger partial charge in [-0.25, -0.2) is 4.39 Å². The molecule has 1 aromatic carbocycles. The number of carbonyl (C=O) groups is 2. The molecule has 1 atom stereocenters. The monoisotopic (exact) mass is 293 g/mol. The SMILES string of the molecule is NC(=O)[C@H]1CCCCN1CC(=O)NCc1ccc(F)cc1. The van der Waals surface area contributed by atoms with Gasteiger partial charge in [-0.3, -0.25) is 14.5 Å². The van der Waals surface area contributed by atoms with Gasteiger partial charge in [0.25, 0.3) is 0 Å². The lowest BCUT2D eigenvalue weighted by molar-refractivity contribution is -0.128. The van der Waals surface area contributed by atoms with Gasteiger partial charge >= 0.3 is 0 Å². The summed E-state index contributed by atoms with van der Waals surface area (Å²) >= 11 is 0. The number of nitrogens with two attached hydrogens (primary N) is 1. The van der Waals surface area contributed by atoms with Crippen LogP contribution in [0.2, 0.25) is 0 Å². The highest BCUT2D eigenvalue weighted by atomic mass is 19.1. The van der Waals surface area contributed by atoms with Crippen LogP contribution in [0, 0.1) is 5.82 Å². The fraction of sp³-hybridized carbons (Fsp3) is 0.467. The number of primary amides is 1. The lowest BCUT2D eigenvalue weighted by atomic mass is 10.0. The number of rotatable bonds is 5. The highest BCUT2D eigenvalue weighted by Crippen LogP contribution is 2.16. The molecule has 21 heavy (non-hydrogen) atoms. The summed E-state index contributed by atoms with van der Waals surface area (Å²) in [5, 5.41) is 2.77.